The van der Waals surface area contributed by atoms with Crippen molar-refractivity contribution in [2.75, 3.05) is 6.54 Å². The Labute approximate surface area is 140 Å². The van der Waals surface area contributed by atoms with Crippen LogP contribution in [-0.4, -0.2) is 20.9 Å². The number of carbonyl (C=O) groups excluding carboxylic acids is 1. The van der Waals surface area contributed by atoms with Crippen molar-refractivity contribution in [1.82, 2.24) is 10.0 Å². The van der Waals surface area contributed by atoms with Crippen molar-refractivity contribution in [2.45, 2.75) is 18.4 Å². The molecule has 7 heteroatoms. The topological polar surface area (TPSA) is 75.3 Å². The minimum Gasteiger partial charge on any atom is -0.348 e. The van der Waals surface area contributed by atoms with Crippen molar-refractivity contribution in [3.05, 3.63) is 58.3 Å². The van der Waals surface area contributed by atoms with Gasteiger partial charge in [0.25, 0.3) is 0 Å². The molecule has 23 heavy (non-hydrogen) atoms. The Morgan fingerprint density at radius 2 is 1.96 bits per heavy atom. The molecule has 2 aromatic rings. The van der Waals surface area contributed by atoms with Gasteiger partial charge in [-0.1, -0.05) is 25.1 Å². The quantitative estimate of drug-likeness (QED) is 0.753. The molecule has 0 saturated heterocycles. The molecule has 1 heterocycles. The summed E-state index contributed by atoms with van der Waals surface area (Å²) in [5, 5.41) is 4.75. The standard InChI is InChI=1S/C16H18N2O3S2/c1-2-18-23(20,21)15-8-5-13(6-9-15)7-10-16(19)17-12-14-4-3-11-22-14/h3-11,18H,2,12H2,1H3,(H,17,19)/b10-7+. The lowest BCUT2D eigenvalue weighted by atomic mass is 10.2. The van der Waals surface area contributed by atoms with Crippen LogP contribution in [0, 0.1) is 0 Å². The highest BCUT2D eigenvalue weighted by atomic mass is 32.2. The second-order valence-electron chi connectivity index (χ2n) is 4.70. The van der Waals surface area contributed by atoms with E-state index in [1.165, 1.54) is 18.2 Å². The summed E-state index contributed by atoms with van der Waals surface area (Å²) >= 11 is 1.59. The fraction of sp³-hybridized carbons (Fsp3) is 0.188. The van der Waals surface area contributed by atoms with Crippen molar-refractivity contribution in [3.8, 4) is 0 Å². The van der Waals surface area contributed by atoms with E-state index in [1.54, 1.807) is 36.5 Å². The first-order valence-corrected chi connectivity index (χ1v) is 9.45. The molecule has 5 nitrogen and oxygen atoms in total. The number of sulfonamides is 1. The molecule has 0 fully saturated rings. The smallest absolute Gasteiger partial charge is 0.244 e. The van der Waals surface area contributed by atoms with Gasteiger partial charge >= 0.3 is 0 Å². The summed E-state index contributed by atoms with van der Waals surface area (Å²) in [6, 6.07) is 10.2. The molecule has 1 aromatic heterocycles. The molecular formula is C16H18N2O3S2. The van der Waals surface area contributed by atoms with Crippen molar-refractivity contribution in [2.24, 2.45) is 0 Å². The molecule has 0 bridgehead atoms. The largest absolute Gasteiger partial charge is 0.348 e. The third kappa shape index (κ3) is 5.31. The highest BCUT2D eigenvalue weighted by Gasteiger charge is 2.11. The molecular weight excluding hydrogens is 332 g/mol. The Bertz CT molecular complexity index is 764. The van der Waals surface area contributed by atoms with Crippen molar-refractivity contribution >= 4 is 33.3 Å². The predicted octanol–water partition coefficient (Wildman–Crippen LogP) is 2.38. The summed E-state index contributed by atoms with van der Waals surface area (Å²) in [4.78, 5) is 13.0. The number of rotatable bonds is 7. The van der Waals surface area contributed by atoms with E-state index in [1.807, 2.05) is 17.5 Å². The third-order valence-corrected chi connectivity index (χ3v) is 5.41. The average Bonchev–Trinajstić information content (AvgIpc) is 3.05. The Morgan fingerprint density at radius 3 is 2.57 bits per heavy atom. The van der Waals surface area contributed by atoms with E-state index in [-0.39, 0.29) is 10.8 Å². The second kappa shape index (κ2) is 8.05. The van der Waals surface area contributed by atoms with Gasteiger partial charge in [0.1, 0.15) is 0 Å². The van der Waals surface area contributed by atoms with Gasteiger partial charge in [-0.2, -0.15) is 0 Å². The van der Waals surface area contributed by atoms with Crippen LogP contribution in [0.3, 0.4) is 0 Å². The van der Waals surface area contributed by atoms with E-state index in [9.17, 15) is 13.2 Å². The molecule has 0 saturated carbocycles. The minimum atomic E-state index is -3.44. The Balaban J connectivity index is 1.93. The molecule has 0 aliphatic heterocycles. The zero-order valence-electron chi connectivity index (χ0n) is 12.7. The van der Waals surface area contributed by atoms with Gasteiger partial charge in [-0.15, -0.1) is 11.3 Å². The summed E-state index contributed by atoms with van der Waals surface area (Å²) in [5.74, 6) is -0.192. The van der Waals surface area contributed by atoms with Crippen LogP contribution in [0.1, 0.15) is 17.4 Å². The van der Waals surface area contributed by atoms with Crippen molar-refractivity contribution in [1.29, 1.82) is 0 Å². The zero-order chi connectivity index (χ0) is 16.7. The van der Waals surface area contributed by atoms with Crippen LogP contribution in [0.2, 0.25) is 0 Å². The SMILES string of the molecule is CCNS(=O)(=O)c1ccc(/C=C/C(=O)NCc2cccs2)cc1. The van der Waals surface area contributed by atoms with Crippen molar-refractivity contribution < 1.29 is 13.2 Å². The molecule has 2 N–H and O–H groups in total. The molecule has 122 valence electrons. The fourth-order valence-electron chi connectivity index (χ4n) is 1.85. The van der Waals surface area contributed by atoms with Gasteiger partial charge in [0.15, 0.2) is 0 Å². The van der Waals surface area contributed by atoms with E-state index < -0.39 is 10.0 Å². The van der Waals surface area contributed by atoms with E-state index >= 15 is 0 Å². The maximum absolute atomic E-state index is 11.8. The van der Waals surface area contributed by atoms with Gasteiger partial charge in [-0.05, 0) is 35.2 Å². The molecule has 0 unspecified atom stereocenters. The van der Waals surface area contributed by atoms with Gasteiger partial charge in [-0.25, -0.2) is 13.1 Å². The predicted molar refractivity (Wildman–Crippen MR) is 92.5 cm³/mol. The van der Waals surface area contributed by atoms with Gasteiger partial charge in [0.05, 0.1) is 11.4 Å². The third-order valence-electron chi connectivity index (χ3n) is 2.97. The number of thiophene rings is 1. The van der Waals surface area contributed by atoms with Crippen LogP contribution < -0.4 is 10.0 Å². The second-order valence-corrected chi connectivity index (χ2v) is 7.50. The number of amides is 1. The van der Waals surface area contributed by atoms with Crippen LogP contribution >= 0.6 is 11.3 Å². The number of nitrogens with one attached hydrogen (secondary N) is 2. The van der Waals surface area contributed by atoms with E-state index in [2.05, 4.69) is 10.0 Å². The zero-order valence-corrected chi connectivity index (χ0v) is 14.3. The first-order valence-electron chi connectivity index (χ1n) is 7.09. The molecule has 0 aliphatic rings. The van der Waals surface area contributed by atoms with Gasteiger partial charge in [0, 0.05) is 17.5 Å². The van der Waals surface area contributed by atoms with E-state index in [0.717, 1.165) is 10.4 Å². The van der Waals surface area contributed by atoms with Crippen LogP contribution in [0.4, 0.5) is 0 Å². The Hall–Kier alpha value is -1.96. The van der Waals surface area contributed by atoms with Gasteiger partial charge < -0.3 is 5.32 Å². The van der Waals surface area contributed by atoms with Gasteiger partial charge in [0.2, 0.25) is 15.9 Å². The summed E-state index contributed by atoms with van der Waals surface area (Å²) in [6.07, 6.45) is 3.08. The van der Waals surface area contributed by atoms with Gasteiger partial charge in [-0.3, -0.25) is 4.79 Å². The van der Waals surface area contributed by atoms with Crippen molar-refractivity contribution in [3.63, 3.8) is 0 Å². The summed E-state index contributed by atoms with van der Waals surface area (Å²) in [6.45, 7) is 2.57. The maximum atomic E-state index is 11.8. The summed E-state index contributed by atoms with van der Waals surface area (Å²) in [5.41, 5.74) is 0.756. The number of hydrogen-bond acceptors (Lipinski definition) is 4. The molecule has 1 amide bonds. The normalized spacial score (nSPS) is 11.7. The molecule has 0 spiro atoms. The van der Waals surface area contributed by atoms with Crippen LogP contribution in [0.15, 0.2) is 52.7 Å². The molecule has 0 aliphatic carbocycles. The Kier molecular flexibility index (Phi) is 6.09. The van der Waals surface area contributed by atoms with E-state index in [0.29, 0.717) is 13.1 Å². The highest BCUT2D eigenvalue weighted by molar-refractivity contribution is 7.89. The molecule has 0 atom stereocenters. The average molecular weight is 350 g/mol. The first-order chi connectivity index (χ1) is 11.0. The summed E-state index contributed by atoms with van der Waals surface area (Å²) < 4.78 is 26.1. The summed E-state index contributed by atoms with van der Waals surface area (Å²) in [7, 11) is -3.44. The van der Waals surface area contributed by atoms with E-state index in [4.69, 9.17) is 0 Å². The molecule has 0 radical (unpaired) electrons. The molecule has 1 aromatic carbocycles. The lowest BCUT2D eigenvalue weighted by molar-refractivity contribution is -0.116. The molecule has 2 rings (SSSR count). The lowest BCUT2D eigenvalue weighted by Gasteiger charge is -2.04. The monoisotopic (exact) mass is 350 g/mol. The number of hydrogen-bond donors (Lipinski definition) is 2. The van der Waals surface area contributed by atoms with Crippen LogP contribution in [0.25, 0.3) is 6.08 Å². The first kappa shape index (κ1) is 17.4. The van der Waals surface area contributed by atoms with Crippen LogP contribution in [0.5, 0.6) is 0 Å². The van der Waals surface area contributed by atoms with Crippen LogP contribution in [-0.2, 0) is 21.4 Å². The Morgan fingerprint density at radius 1 is 1.22 bits per heavy atom. The fourth-order valence-corrected chi connectivity index (χ4v) is 3.54. The maximum Gasteiger partial charge on any atom is 0.244 e. The minimum absolute atomic E-state index is 0.192. The number of carbonyl (C=O) groups is 1. The lowest BCUT2D eigenvalue weighted by Crippen LogP contribution is -2.22. The number of benzene rings is 1. The highest BCUT2D eigenvalue weighted by Crippen LogP contribution is 2.11.